The fourth-order valence-electron chi connectivity index (χ4n) is 0.951. The van der Waals surface area contributed by atoms with E-state index in [0.717, 1.165) is 0 Å². The average molecular weight is 164 g/mol. The molecule has 62 valence electrons. The van der Waals surface area contributed by atoms with E-state index in [1.165, 1.54) is 6.07 Å². The Morgan fingerprint density at radius 1 is 1.58 bits per heavy atom. The molecule has 0 saturated heterocycles. The fraction of sp³-hybridized carbons (Fsp3) is 0.100. The number of aldehydes is 1. The molecule has 0 N–H and O–H groups in total. The van der Waals surface area contributed by atoms with Crippen molar-refractivity contribution in [3.8, 4) is 0 Å². The first-order chi connectivity index (χ1) is 5.65. The third-order valence-electron chi connectivity index (χ3n) is 1.59. The Morgan fingerprint density at radius 3 is 2.67 bits per heavy atom. The Morgan fingerprint density at radius 2 is 2.25 bits per heavy atom. The monoisotopic (exact) mass is 164 g/mol. The third-order valence-corrected chi connectivity index (χ3v) is 1.59. The molecule has 2 heteroatoms. The van der Waals surface area contributed by atoms with Crippen LogP contribution in [0.15, 0.2) is 24.8 Å². The van der Waals surface area contributed by atoms with E-state index in [2.05, 4.69) is 6.58 Å². The Kier molecular flexibility index (Phi) is 2.38. The van der Waals surface area contributed by atoms with Crippen molar-refractivity contribution in [2.45, 2.75) is 6.92 Å². The number of carbonyl (C=O) groups is 1. The van der Waals surface area contributed by atoms with E-state index < -0.39 is 5.82 Å². The molecule has 12 heavy (non-hydrogen) atoms. The number of carbonyl (C=O) groups excluding carboxylic acids is 1. The summed E-state index contributed by atoms with van der Waals surface area (Å²) in [6.45, 7) is 5.33. The molecule has 0 aliphatic rings. The number of rotatable bonds is 2. The molecule has 0 saturated carbocycles. The van der Waals surface area contributed by atoms with Gasteiger partial charge in [0.25, 0.3) is 0 Å². The highest BCUT2D eigenvalue weighted by Crippen LogP contribution is 2.16. The normalized spacial score (nSPS) is 9.50. The van der Waals surface area contributed by atoms with Crippen molar-refractivity contribution in [1.82, 2.24) is 0 Å². The van der Waals surface area contributed by atoms with E-state index in [0.29, 0.717) is 23.0 Å². The molecule has 1 nitrogen and oxygen atoms in total. The highest BCUT2D eigenvalue weighted by molar-refractivity contribution is 5.76. The van der Waals surface area contributed by atoms with Crippen molar-refractivity contribution in [2.75, 3.05) is 0 Å². The molecule has 0 unspecified atom stereocenters. The van der Waals surface area contributed by atoms with Gasteiger partial charge in [0.1, 0.15) is 12.1 Å². The minimum absolute atomic E-state index is 0.345. The second kappa shape index (κ2) is 3.30. The van der Waals surface area contributed by atoms with Crippen LogP contribution in [0.1, 0.15) is 22.8 Å². The summed E-state index contributed by atoms with van der Waals surface area (Å²) in [6.07, 6.45) is 0.616. The Labute approximate surface area is 70.5 Å². The first kappa shape index (κ1) is 8.65. The molecule has 0 heterocycles. The molecule has 0 aliphatic carbocycles. The van der Waals surface area contributed by atoms with Crippen LogP contribution in [0.2, 0.25) is 0 Å². The van der Waals surface area contributed by atoms with E-state index in [1.54, 1.807) is 19.1 Å². The van der Waals surface area contributed by atoms with Crippen molar-refractivity contribution in [3.63, 3.8) is 0 Å². The summed E-state index contributed by atoms with van der Waals surface area (Å²) < 4.78 is 13.1. The summed E-state index contributed by atoms with van der Waals surface area (Å²) >= 11 is 0. The van der Waals surface area contributed by atoms with Crippen LogP contribution in [0.25, 0.3) is 5.57 Å². The quantitative estimate of drug-likeness (QED) is 0.614. The maximum Gasteiger partial charge on any atom is 0.150 e. The van der Waals surface area contributed by atoms with Crippen LogP contribution in [0, 0.1) is 5.82 Å². The van der Waals surface area contributed by atoms with Crippen LogP contribution in [-0.4, -0.2) is 6.29 Å². The summed E-state index contributed by atoms with van der Waals surface area (Å²) in [5.41, 5.74) is 1.46. The molecule has 1 aromatic rings. The SMILES string of the molecule is C=C(C)c1ccc(C=O)cc1F. The Hall–Kier alpha value is -1.44. The van der Waals surface area contributed by atoms with E-state index in [1.807, 2.05) is 0 Å². The minimum Gasteiger partial charge on any atom is -0.298 e. The van der Waals surface area contributed by atoms with Gasteiger partial charge in [-0.1, -0.05) is 18.7 Å². The summed E-state index contributed by atoms with van der Waals surface area (Å²) in [6, 6.07) is 4.33. The van der Waals surface area contributed by atoms with Gasteiger partial charge in [0.2, 0.25) is 0 Å². The molecule has 1 rings (SSSR count). The van der Waals surface area contributed by atoms with E-state index in [4.69, 9.17) is 0 Å². The smallest absolute Gasteiger partial charge is 0.150 e. The second-order valence-corrected chi connectivity index (χ2v) is 2.64. The van der Waals surface area contributed by atoms with Gasteiger partial charge >= 0.3 is 0 Å². The largest absolute Gasteiger partial charge is 0.298 e. The van der Waals surface area contributed by atoms with Crippen molar-refractivity contribution in [2.24, 2.45) is 0 Å². The number of hydrogen-bond acceptors (Lipinski definition) is 1. The third kappa shape index (κ3) is 1.59. The highest BCUT2D eigenvalue weighted by Gasteiger charge is 2.02. The maximum absolute atomic E-state index is 13.1. The zero-order valence-corrected chi connectivity index (χ0v) is 6.80. The molecular weight excluding hydrogens is 155 g/mol. The van der Waals surface area contributed by atoms with Gasteiger partial charge < -0.3 is 0 Å². The molecule has 0 spiro atoms. The lowest BCUT2D eigenvalue weighted by atomic mass is 10.1. The number of halogens is 1. The molecule has 0 fully saturated rings. The van der Waals surface area contributed by atoms with E-state index in [9.17, 15) is 9.18 Å². The Bertz CT molecular complexity index is 329. The van der Waals surface area contributed by atoms with Gasteiger partial charge in [0.05, 0.1) is 0 Å². The van der Waals surface area contributed by atoms with Gasteiger partial charge in [-0.15, -0.1) is 0 Å². The van der Waals surface area contributed by atoms with Gasteiger partial charge in [-0.25, -0.2) is 4.39 Å². The Balaban J connectivity index is 3.20. The average Bonchev–Trinajstić information content (AvgIpc) is 2.03. The van der Waals surface area contributed by atoms with Crippen molar-refractivity contribution in [1.29, 1.82) is 0 Å². The van der Waals surface area contributed by atoms with Gasteiger partial charge in [-0.3, -0.25) is 4.79 Å². The van der Waals surface area contributed by atoms with Gasteiger partial charge in [-0.05, 0) is 18.6 Å². The van der Waals surface area contributed by atoms with Gasteiger partial charge in [0.15, 0.2) is 0 Å². The van der Waals surface area contributed by atoms with Crippen LogP contribution in [0.4, 0.5) is 4.39 Å². The van der Waals surface area contributed by atoms with Crippen LogP contribution in [0.3, 0.4) is 0 Å². The van der Waals surface area contributed by atoms with Crippen LogP contribution in [0.5, 0.6) is 0 Å². The minimum atomic E-state index is -0.396. The standard InChI is InChI=1S/C10H9FO/c1-7(2)9-4-3-8(6-12)5-10(9)11/h3-6H,1H2,2H3. The predicted molar refractivity (Wildman–Crippen MR) is 46.5 cm³/mol. The highest BCUT2D eigenvalue weighted by atomic mass is 19.1. The first-order valence-corrected chi connectivity index (χ1v) is 3.55. The molecule has 1 aromatic carbocycles. The number of allylic oxidation sites excluding steroid dienone is 1. The zero-order chi connectivity index (χ0) is 9.14. The molecule has 0 radical (unpaired) electrons. The van der Waals surface area contributed by atoms with Crippen LogP contribution in [-0.2, 0) is 0 Å². The van der Waals surface area contributed by atoms with Crippen molar-refractivity contribution in [3.05, 3.63) is 41.7 Å². The summed E-state index contributed by atoms with van der Waals surface area (Å²) in [5.74, 6) is -0.396. The van der Waals surface area contributed by atoms with Crippen LogP contribution < -0.4 is 0 Å². The number of hydrogen-bond donors (Lipinski definition) is 0. The van der Waals surface area contributed by atoms with Gasteiger partial charge in [0, 0.05) is 11.1 Å². The van der Waals surface area contributed by atoms with E-state index in [-0.39, 0.29) is 0 Å². The molecular formula is C10H9FO. The summed E-state index contributed by atoms with van der Waals surface area (Å²) in [4.78, 5) is 10.3. The molecule has 0 bridgehead atoms. The lowest BCUT2D eigenvalue weighted by molar-refractivity contribution is 0.112. The fourth-order valence-corrected chi connectivity index (χ4v) is 0.951. The molecule has 0 aliphatic heterocycles. The maximum atomic E-state index is 13.1. The topological polar surface area (TPSA) is 17.1 Å². The summed E-state index contributed by atoms with van der Waals surface area (Å²) in [5, 5.41) is 0. The lowest BCUT2D eigenvalue weighted by Gasteiger charge is -2.01. The predicted octanol–water partition coefficient (Wildman–Crippen LogP) is 2.67. The van der Waals surface area contributed by atoms with E-state index >= 15 is 0 Å². The number of benzene rings is 1. The van der Waals surface area contributed by atoms with Gasteiger partial charge in [-0.2, -0.15) is 0 Å². The van der Waals surface area contributed by atoms with Crippen LogP contribution >= 0.6 is 0 Å². The molecule has 0 atom stereocenters. The molecule has 0 aromatic heterocycles. The molecule has 0 amide bonds. The first-order valence-electron chi connectivity index (χ1n) is 3.55. The van der Waals surface area contributed by atoms with Crippen molar-refractivity contribution < 1.29 is 9.18 Å². The zero-order valence-electron chi connectivity index (χ0n) is 6.80. The second-order valence-electron chi connectivity index (χ2n) is 2.64. The lowest BCUT2D eigenvalue weighted by Crippen LogP contribution is -1.88. The van der Waals surface area contributed by atoms with Crippen molar-refractivity contribution >= 4 is 11.9 Å². The summed E-state index contributed by atoms with van der Waals surface area (Å²) in [7, 11) is 0.